The fraction of sp³-hybridized carbons (Fsp3) is 0.909. The fourth-order valence-electron chi connectivity index (χ4n) is 1.73. The largest absolute Gasteiger partial charge is 0.300 e. The first kappa shape index (κ1) is 10.6. The summed E-state index contributed by atoms with van der Waals surface area (Å²) in [4.78, 5) is 0. The zero-order valence-corrected chi connectivity index (χ0v) is 9.05. The van der Waals surface area contributed by atoms with Gasteiger partial charge in [-0.2, -0.15) is 5.10 Å². The predicted molar refractivity (Wildman–Crippen MR) is 58.1 cm³/mol. The van der Waals surface area contributed by atoms with Gasteiger partial charge in [-0.25, -0.2) is 0 Å². The number of hydrazone groups is 1. The van der Waals surface area contributed by atoms with Crippen molar-refractivity contribution in [1.82, 2.24) is 5.01 Å². The van der Waals surface area contributed by atoms with E-state index in [1.54, 1.807) is 0 Å². The normalized spacial score (nSPS) is 19.1. The molecule has 13 heavy (non-hydrogen) atoms. The lowest BCUT2D eigenvalue weighted by Gasteiger charge is -2.15. The molecule has 1 aliphatic rings. The highest BCUT2D eigenvalue weighted by Gasteiger charge is 2.05. The molecular weight excluding hydrogens is 160 g/mol. The van der Waals surface area contributed by atoms with Crippen molar-refractivity contribution in [2.24, 2.45) is 5.10 Å². The first-order valence-electron chi connectivity index (χ1n) is 5.60. The first-order chi connectivity index (χ1) is 6.33. The van der Waals surface area contributed by atoms with Crippen LogP contribution in [0.2, 0.25) is 0 Å². The third kappa shape index (κ3) is 4.30. The molecule has 2 nitrogen and oxygen atoms in total. The number of hydrogen-bond acceptors (Lipinski definition) is 2. The van der Waals surface area contributed by atoms with Crippen molar-refractivity contribution < 1.29 is 0 Å². The molecule has 0 unspecified atom stereocenters. The van der Waals surface area contributed by atoms with E-state index in [2.05, 4.69) is 24.1 Å². The van der Waals surface area contributed by atoms with Crippen LogP contribution in [0.15, 0.2) is 5.10 Å². The molecule has 0 aromatic rings. The minimum atomic E-state index is 1.02. The molecule has 0 heterocycles. The maximum absolute atomic E-state index is 4.61. The standard InChI is InChI=1S/C11H22N2/c1-3-13(2)12-11-9-7-5-4-6-8-10-11/h3-10H2,1-2H3. The zero-order chi connectivity index (χ0) is 9.52. The Kier molecular flexibility index (Phi) is 4.87. The van der Waals surface area contributed by atoms with Crippen molar-refractivity contribution in [1.29, 1.82) is 0 Å². The van der Waals surface area contributed by atoms with Gasteiger partial charge in [0.15, 0.2) is 0 Å². The predicted octanol–water partition coefficient (Wildman–Crippen LogP) is 3.04. The molecule has 2 heteroatoms. The van der Waals surface area contributed by atoms with Crippen LogP contribution in [0.4, 0.5) is 0 Å². The maximum Gasteiger partial charge on any atom is 0.0380 e. The molecule has 0 atom stereocenters. The van der Waals surface area contributed by atoms with E-state index in [1.807, 2.05) is 0 Å². The molecule has 1 fully saturated rings. The van der Waals surface area contributed by atoms with Crippen LogP contribution in [0.5, 0.6) is 0 Å². The quantitative estimate of drug-likeness (QED) is 0.599. The van der Waals surface area contributed by atoms with Gasteiger partial charge < -0.3 is 5.01 Å². The van der Waals surface area contributed by atoms with Gasteiger partial charge in [-0.1, -0.05) is 19.3 Å². The number of nitrogens with zero attached hydrogens (tertiary/aromatic N) is 2. The van der Waals surface area contributed by atoms with Crippen LogP contribution in [0.3, 0.4) is 0 Å². The molecule has 1 rings (SSSR count). The van der Waals surface area contributed by atoms with Crippen LogP contribution in [0.25, 0.3) is 0 Å². The van der Waals surface area contributed by atoms with Gasteiger partial charge in [0.1, 0.15) is 0 Å². The SMILES string of the molecule is CCN(C)N=C1CCCCCCC1. The topological polar surface area (TPSA) is 15.6 Å². The highest BCUT2D eigenvalue weighted by molar-refractivity contribution is 5.84. The Labute approximate surface area is 82.0 Å². The summed E-state index contributed by atoms with van der Waals surface area (Å²) in [5, 5.41) is 6.66. The Morgan fingerprint density at radius 3 is 2.15 bits per heavy atom. The van der Waals surface area contributed by atoms with Gasteiger partial charge in [0, 0.05) is 19.3 Å². The van der Waals surface area contributed by atoms with Crippen LogP contribution in [-0.4, -0.2) is 24.3 Å². The lowest BCUT2D eigenvalue weighted by atomic mass is 9.99. The van der Waals surface area contributed by atoms with Crippen molar-refractivity contribution >= 4 is 5.71 Å². The van der Waals surface area contributed by atoms with E-state index in [-0.39, 0.29) is 0 Å². The monoisotopic (exact) mass is 182 g/mol. The third-order valence-electron chi connectivity index (χ3n) is 2.70. The van der Waals surface area contributed by atoms with Crippen molar-refractivity contribution in [3.63, 3.8) is 0 Å². The summed E-state index contributed by atoms with van der Waals surface area (Å²) in [5.74, 6) is 0. The molecular formula is C11H22N2. The summed E-state index contributed by atoms with van der Waals surface area (Å²) in [7, 11) is 2.06. The first-order valence-corrected chi connectivity index (χ1v) is 5.60. The summed E-state index contributed by atoms with van der Waals surface area (Å²) in [6.45, 7) is 3.16. The molecule has 0 radical (unpaired) electrons. The molecule has 1 aliphatic carbocycles. The minimum absolute atomic E-state index is 1.02. The zero-order valence-electron chi connectivity index (χ0n) is 9.05. The molecule has 0 aliphatic heterocycles. The molecule has 0 amide bonds. The van der Waals surface area contributed by atoms with E-state index in [0.717, 1.165) is 6.54 Å². The summed E-state index contributed by atoms with van der Waals surface area (Å²) < 4.78 is 0. The molecule has 0 bridgehead atoms. The van der Waals surface area contributed by atoms with Gasteiger partial charge in [-0.05, 0) is 32.6 Å². The molecule has 0 N–H and O–H groups in total. The van der Waals surface area contributed by atoms with Gasteiger partial charge in [-0.3, -0.25) is 0 Å². The maximum atomic E-state index is 4.61. The average molecular weight is 182 g/mol. The van der Waals surface area contributed by atoms with Gasteiger partial charge in [0.25, 0.3) is 0 Å². The van der Waals surface area contributed by atoms with Crippen molar-refractivity contribution in [2.45, 2.75) is 51.9 Å². The van der Waals surface area contributed by atoms with E-state index >= 15 is 0 Å². The molecule has 1 saturated carbocycles. The van der Waals surface area contributed by atoms with Gasteiger partial charge in [0.2, 0.25) is 0 Å². The second-order valence-corrected chi connectivity index (χ2v) is 3.91. The van der Waals surface area contributed by atoms with Crippen LogP contribution in [0.1, 0.15) is 51.9 Å². The Bertz CT molecular complexity index is 153. The lowest BCUT2D eigenvalue weighted by Crippen LogP contribution is -2.14. The molecule has 0 aromatic carbocycles. The smallest absolute Gasteiger partial charge is 0.0380 e. The van der Waals surface area contributed by atoms with E-state index < -0.39 is 0 Å². The van der Waals surface area contributed by atoms with Crippen LogP contribution >= 0.6 is 0 Å². The molecule has 0 saturated heterocycles. The summed E-state index contributed by atoms with van der Waals surface area (Å²) in [5.41, 5.74) is 1.42. The Balaban J connectivity index is 2.40. The second-order valence-electron chi connectivity index (χ2n) is 3.91. The van der Waals surface area contributed by atoms with Crippen LogP contribution in [-0.2, 0) is 0 Å². The summed E-state index contributed by atoms with van der Waals surface area (Å²) in [6.07, 6.45) is 9.36. The Hall–Kier alpha value is -0.530. The van der Waals surface area contributed by atoms with E-state index in [9.17, 15) is 0 Å². The molecule has 76 valence electrons. The van der Waals surface area contributed by atoms with Gasteiger partial charge >= 0.3 is 0 Å². The van der Waals surface area contributed by atoms with E-state index in [0.29, 0.717) is 0 Å². The Morgan fingerprint density at radius 1 is 1.08 bits per heavy atom. The summed E-state index contributed by atoms with van der Waals surface area (Å²) >= 11 is 0. The Morgan fingerprint density at radius 2 is 1.62 bits per heavy atom. The molecule has 0 aromatic heterocycles. The van der Waals surface area contributed by atoms with Crippen molar-refractivity contribution in [3.05, 3.63) is 0 Å². The average Bonchev–Trinajstić information content (AvgIpc) is 2.09. The fourth-order valence-corrected chi connectivity index (χ4v) is 1.73. The number of hydrogen-bond donors (Lipinski definition) is 0. The van der Waals surface area contributed by atoms with Crippen molar-refractivity contribution in [2.75, 3.05) is 13.6 Å². The minimum Gasteiger partial charge on any atom is -0.300 e. The highest BCUT2D eigenvalue weighted by Crippen LogP contribution is 2.15. The van der Waals surface area contributed by atoms with Crippen molar-refractivity contribution in [3.8, 4) is 0 Å². The second kappa shape index (κ2) is 6.01. The van der Waals surface area contributed by atoms with Gasteiger partial charge in [-0.15, -0.1) is 0 Å². The van der Waals surface area contributed by atoms with Crippen LogP contribution < -0.4 is 0 Å². The summed E-state index contributed by atoms with van der Waals surface area (Å²) in [6, 6.07) is 0. The number of rotatable bonds is 2. The third-order valence-corrected chi connectivity index (χ3v) is 2.70. The lowest BCUT2D eigenvalue weighted by molar-refractivity contribution is 0.371. The van der Waals surface area contributed by atoms with Gasteiger partial charge in [0.05, 0.1) is 0 Å². The van der Waals surface area contributed by atoms with Crippen LogP contribution in [0, 0.1) is 0 Å². The van der Waals surface area contributed by atoms with E-state index in [4.69, 9.17) is 0 Å². The highest BCUT2D eigenvalue weighted by atomic mass is 15.4. The molecule has 0 spiro atoms. The van der Waals surface area contributed by atoms with E-state index in [1.165, 1.54) is 50.7 Å².